The summed E-state index contributed by atoms with van der Waals surface area (Å²) >= 11 is 0. The lowest BCUT2D eigenvalue weighted by molar-refractivity contribution is 0.117. The lowest BCUT2D eigenvalue weighted by Crippen LogP contribution is -2.23. The Morgan fingerprint density at radius 2 is 1.62 bits per heavy atom. The van der Waals surface area contributed by atoms with Gasteiger partial charge in [-0.05, 0) is 27.7 Å². The molecule has 0 aromatic carbocycles. The second-order valence-electron chi connectivity index (χ2n) is 5.15. The Morgan fingerprint density at radius 3 is 1.92 bits per heavy atom. The molecule has 0 radical (unpaired) electrons. The largest absolute Gasteiger partial charge is 0.390 e. The Labute approximate surface area is 79.0 Å². The van der Waals surface area contributed by atoms with Gasteiger partial charge in [0.1, 0.15) is 6.10 Å². The molecule has 2 heterocycles. The molecule has 2 rings (SSSR count). The van der Waals surface area contributed by atoms with Gasteiger partial charge in [-0.2, -0.15) is 0 Å². The maximum Gasteiger partial charge on any atom is 0.113 e. The van der Waals surface area contributed by atoms with Crippen LogP contribution in [-0.4, -0.2) is 34.6 Å². The second kappa shape index (κ2) is 2.47. The predicted molar refractivity (Wildman–Crippen MR) is 48.5 cm³/mol. The molecule has 2 saturated heterocycles. The summed E-state index contributed by atoms with van der Waals surface area (Å²) in [6, 6.07) is 0. The van der Waals surface area contributed by atoms with Crippen LogP contribution < -0.4 is 0 Å². The van der Waals surface area contributed by atoms with Crippen molar-refractivity contribution < 1.29 is 14.6 Å². The van der Waals surface area contributed by atoms with Crippen molar-refractivity contribution in [1.82, 2.24) is 0 Å². The van der Waals surface area contributed by atoms with Crippen molar-refractivity contribution in [3.8, 4) is 0 Å². The van der Waals surface area contributed by atoms with E-state index in [1.807, 2.05) is 27.7 Å². The highest BCUT2D eigenvalue weighted by molar-refractivity contribution is 5.04. The van der Waals surface area contributed by atoms with E-state index in [2.05, 4.69) is 0 Å². The number of aliphatic hydroxyl groups excluding tert-OH is 1. The van der Waals surface area contributed by atoms with E-state index in [0.29, 0.717) is 6.42 Å². The molecule has 2 aliphatic heterocycles. The van der Waals surface area contributed by atoms with Crippen molar-refractivity contribution in [3.63, 3.8) is 0 Å². The molecule has 76 valence electrons. The van der Waals surface area contributed by atoms with E-state index in [0.717, 1.165) is 0 Å². The first-order chi connectivity index (χ1) is 5.83. The van der Waals surface area contributed by atoms with Crippen molar-refractivity contribution in [2.75, 3.05) is 0 Å². The molecule has 2 aliphatic rings. The first-order valence-electron chi connectivity index (χ1n) is 4.87. The molecule has 0 aromatic rings. The number of ether oxygens (including phenoxy) is 2. The van der Waals surface area contributed by atoms with Crippen LogP contribution in [0.2, 0.25) is 0 Å². The minimum Gasteiger partial charge on any atom is -0.390 e. The van der Waals surface area contributed by atoms with Crippen molar-refractivity contribution in [3.05, 3.63) is 0 Å². The zero-order valence-corrected chi connectivity index (χ0v) is 8.70. The molecule has 0 aliphatic carbocycles. The summed E-state index contributed by atoms with van der Waals surface area (Å²) in [7, 11) is 0. The van der Waals surface area contributed by atoms with Crippen LogP contribution in [0.4, 0.5) is 0 Å². The Bertz CT molecular complexity index is 222. The van der Waals surface area contributed by atoms with Crippen LogP contribution in [0, 0.1) is 0 Å². The summed E-state index contributed by atoms with van der Waals surface area (Å²) in [5.74, 6) is 0. The third-order valence-electron chi connectivity index (χ3n) is 3.03. The molecular formula is C10H18O3. The molecular weight excluding hydrogens is 168 g/mol. The molecule has 0 spiro atoms. The van der Waals surface area contributed by atoms with Crippen LogP contribution in [0.1, 0.15) is 34.1 Å². The lowest BCUT2D eigenvalue weighted by atomic mass is 9.99. The summed E-state index contributed by atoms with van der Waals surface area (Å²) in [6.07, 6.45) is 0.540. The quantitative estimate of drug-likeness (QED) is 0.671. The Balaban J connectivity index is 1.78. The molecule has 1 N–H and O–H groups in total. The lowest BCUT2D eigenvalue weighted by Gasteiger charge is -2.06. The molecule has 3 atom stereocenters. The molecule has 0 amide bonds. The van der Waals surface area contributed by atoms with Gasteiger partial charge in [-0.15, -0.1) is 0 Å². The van der Waals surface area contributed by atoms with E-state index in [9.17, 15) is 5.11 Å². The van der Waals surface area contributed by atoms with Gasteiger partial charge < -0.3 is 14.6 Å². The molecule has 13 heavy (non-hydrogen) atoms. The Hall–Kier alpha value is -0.120. The highest BCUT2D eigenvalue weighted by Crippen LogP contribution is 2.44. The summed E-state index contributed by atoms with van der Waals surface area (Å²) in [6.45, 7) is 8.09. The standard InChI is InChI=1S/C10H18O3/c1-9(2)7(12-9)5-6(11)8-10(3,4)13-8/h6-8,11H,5H2,1-4H3. The highest BCUT2D eigenvalue weighted by atomic mass is 16.6. The molecule has 3 nitrogen and oxygen atoms in total. The number of hydrogen-bond acceptors (Lipinski definition) is 3. The van der Waals surface area contributed by atoms with Crippen molar-refractivity contribution in [1.29, 1.82) is 0 Å². The van der Waals surface area contributed by atoms with E-state index in [4.69, 9.17) is 9.47 Å². The van der Waals surface area contributed by atoms with Crippen LogP contribution in [0.15, 0.2) is 0 Å². The minimum absolute atomic E-state index is 0.00694. The highest BCUT2D eigenvalue weighted by Gasteiger charge is 2.56. The number of rotatable bonds is 3. The van der Waals surface area contributed by atoms with E-state index < -0.39 is 0 Å². The van der Waals surface area contributed by atoms with Gasteiger partial charge >= 0.3 is 0 Å². The predicted octanol–water partition coefficient (Wildman–Crippen LogP) is 1.09. The molecule has 0 aromatic heterocycles. The van der Waals surface area contributed by atoms with Crippen LogP contribution in [-0.2, 0) is 9.47 Å². The fraction of sp³-hybridized carbons (Fsp3) is 1.00. The molecule has 3 heteroatoms. The summed E-state index contributed by atoms with van der Waals surface area (Å²) in [5, 5.41) is 9.76. The van der Waals surface area contributed by atoms with Crippen LogP contribution >= 0.6 is 0 Å². The van der Waals surface area contributed by atoms with Gasteiger partial charge in [0.2, 0.25) is 0 Å². The fourth-order valence-corrected chi connectivity index (χ4v) is 1.84. The van der Waals surface area contributed by atoms with Gasteiger partial charge in [0.05, 0.1) is 23.4 Å². The maximum atomic E-state index is 9.76. The summed E-state index contributed by atoms with van der Waals surface area (Å²) in [5.41, 5.74) is -0.154. The Kier molecular flexibility index (Phi) is 1.79. The smallest absolute Gasteiger partial charge is 0.113 e. The maximum absolute atomic E-state index is 9.76. The normalized spacial score (nSPS) is 41.3. The van der Waals surface area contributed by atoms with Crippen molar-refractivity contribution in [2.24, 2.45) is 0 Å². The number of epoxide rings is 2. The van der Waals surface area contributed by atoms with E-state index in [1.54, 1.807) is 0 Å². The van der Waals surface area contributed by atoms with Crippen LogP contribution in [0.25, 0.3) is 0 Å². The van der Waals surface area contributed by atoms with Gasteiger partial charge in [-0.25, -0.2) is 0 Å². The average Bonchev–Trinajstić information content (AvgIpc) is 2.73. The summed E-state index contributed by atoms with van der Waals surface area (Å²) < 4.78 is 10.8. The second-order valence-corrected chi connectivity index (χ2v) is 5.15. The van der Waals surface area contributed by atoms with Gasteiger partial charge in [-0.3, -0.25) is 0 Å². The summed E-state index contributed by atoms with van der Waals surface area (Å²) in [4.78, 5) is 0. The van der Waals surface area contributed by atoms with E-state index in [1.165, 1.54) is 0 Å². The zero-order chi connectivity index (χ0) is 9.85. The Morgan fingerprint density at radius 1 is 1.15 bits per heavy atom. The third-order valence-corrected chi connectivity index (χ3v) is 3.03. The zero-order valence-electron chi connectivity index (χ0n) is 8.70. The molecule has 3 unspecified atom stereocenters. The topological polar surface area (TPSA) is 45.3 Å². The third kappa shape index (κ3) is 1.73. The van der Waals surface area contributed by atoms with Crippen molar-refractivity contribution >= 4 is 0 Å². The first kappa shape index (κ1) is 9.44. The SMILES string of the molecule is CC1(C)OC1CC(O)C1OC1(C)C. The van der Waals surface area contributed by atoms with Crippen molar-refractivity contribution in [2.45, 2.75) is 63.6 Å². The molecule has 0 saturated carbocycles. The monoisotopic (exact) mass is 186 g/mol. The first-order valence-corrected chi connectivity index (χ1v) is 4.87. The number of hydrogen-bond donors (Lipinski definition) is 1. The van der Waals surface area contributed by atoms with E-state index >= 15 is 0 Å². The van der Waals surface area contributed by atoms with Gasteiger partial charge in [0.15, 0.2) is 0 Å². The van der Waals surface area contributed by atoms with Crippen LogP contribution in [0.5, 0.6) is 0 Å². The average molecular weight is 186 g/mol. The van der Waals surface area contributed by atoms with Crippen LogP contribution in [0.3, 0.4) is 0 Å². The van der Waals surface area contributed by atoms with E-state index in [-0.39, 0.29) is 29.5 Å². The van der Waals surface area contributed by atoms with Gasteiger partial charge in [-0.1, -0.05) is 0 Å². The minimum atomic E-state index is -0.373. The van der Waals surface area contributed by atoms with Gasteiger partial charge in [0.25, 0.3) is 0 Å². The molecule has 2 fully saturated rings. The number of aliphatic hydroxyl groups is 1. The van der Waals surface area contributed by atoms with Gasteiger partial charge in [0, 0.05) is 6.42 Å². The fourth-order valence-electron chi connectivity index (χ4n) is 1.84. The molecule has 0 bridgehead atoms.